The van der Waals surface area contributed by atoms with Crippen molar-refractivity contribution < 1.29 is 37.7 Å². The van der Waals surface area contributed by atoms with Crippen LogP contribution in [0.3, 0.4) is 0 Å². The van der Waals surface area contributed by atoms with Crippen molar-refractivity contribution >= 4 is 23.5 Å². The van der Waals surface area contributed by atoms with Gasteiger partial charge in [-0.2, -0.15) is 0 Å². The zero-order chi connectivity index (χ0) is 24.2. The molecule has 2 saturated heterocycles. The van der Waals surface area contributed by atoms with Crippen molar-refractivity contribution in [1.29, 1.82) is 0 Å². The Bertz CT molecular complexity index is 880. The molecular formula is C23H31FN2O7. The maximum Gasteiger partial charge on any atom is 0.350 e. The number of ether oxygens (including phenoxy) is 4. The van der Waals surface area contributed by atoms with Crippen LogP contribution in [-0.4, -0.2) is 86.6 Å². The van der Waals surface area contributed by atoms with Gasteiger partial charge in [-0.3, -0.25) is 9.59 Å². The molecule has 182 valence electrons. The molecule has 3 rings (SSSR count). The van der Waals surface area contributed by atoms with E-state index in [1.807, 2.05) is 4.90 Å². The van der Waals surface area contributed by atoms with Crippen LogP contribution < -0.4 is 4.90 Å². The van der Waals surface area contributed by atoms with E-state index in [0.29, 0.717) is 38.5 Å². The predicted octanol–water partition coefficient (Wildman–Crippen LogP) is 1.78. The summed E-state index contributed by atoms with van der Waals surface area (Å²) in [7, 11) is 0. The number of hydrogen-bond acceptors (Lipinski definition) is 8. The van der Waals surface area contributed by atoms with Crippen molar-refractivity contribution in [2.45, 2.75) is 45.5 Å². The predicted molar refractivity (Wildman–Crippen MR) is 116 cm³/mol. The highest BCUT2D eigenvalue weighted by molar-refractivity contribution is 5.95. The average Bonchev–Trinajstić information content (AvgIpc) is 2.76. The lowest BCUT2D eigenvalue weighted by atomic mass is 10.1. The maximum absolute atomic E-state index is 14.5. The van der Waals surface area contributed by atoms with Gasteiger partial charge in [0, 0.05) is 38.8 Å². The first-order chi connectivity index (χ1) is 15.5. The van der Waals surface area contributed by atoms with Crippen molar-refractivity contribution in [2.24, 2.45) is 0 Å². The largest absolute Gasteiger partial charge is 0.457 e. The molecule has 0 aliphatic carbocycles. The summed E-state index contributed by atoms with van der Waals surface area (Å²) < 4.78 is 36.2. The number of halogens is 1. The summed E-state index contributed by atoms with van der Waals surface area (Å²) in [6, 6.07) is 4.33. The minimum Gasteiger partial charge on any atom is -0.457 e. The van der Waals surface area contributed by atoms with Crippen LogP contribution in [-0.2, 0) is 28.5 Å². The van der Waals surface area contributed by atoms with Gasteiger partial charge >= 0.3 is 11.9 Å². The molecule has 1 aromatic carbocycles. The molecule has 10 heteroatoms. The van der Waals surface area contributed by atoms with Crippen LogP contribution >= 0.6 is 0 Å². The van der Waals surface area contributed by atoms with E-state index in [4.69, 9.17) is 18.9 Å². The second kappa shape index (κ2) is 10.5. The summed E-state index contributed by atoms with van der Waals surface area (Å²) in [5.74, 6) is -2.33. The molecule has 9 nitrogen and oxygen atoms in total. The number of rotatable bonds is 5. The third kappa shape index (κ3) is 6.64. The zero-order valence-corrected chi connectivity index (χ0v) is 19.5. The number of benzene rings is 1. The summed E-state index contributed by atoms with van der Waals surface area (Å²) in [5, 5.41) is 0. The molecule has 1 aromatic rings. The molecule has 1 amide bonds. The quantitative estimate of drug-likeness (QED) is 0.606. The first-order valence-electron chi connectivity index (χ1n) is 11.0. The fourth-order valence-electron chi connectivity index (χ4n) is 3.72. The molecule has 0 saturated carbocycles. The van der Waals surface area contributed by atoms with Gasteiger partial charge in [-0.25, -0.2) is 9.18 Å². The lowest BCUT2D eigenvalue weighted by Gasteiger charge is -2.37. The van der Waals surface area contributed by atoms with E-state index in [-0.39, 0.29) is 18.7 Å². The van der Waals surface area contributed by atoms with Crippen molar-refractivity contribution in [2.75, 3.05) is 50.9 Å². The highest BCUT2D eigenvalue weighted by Gasteiger charge is 2.39. The van der Waals surface area contributed by atoms with Crippen LogP contribution in [0.4, 0.5) is 10.1 Å². The van der Waals surface area contributed by atoms with Gasteiger partial charge in [-0.15, -0.1) is 0 Å². The summed E-state index contributed by atoms with van der Waals surface area (Å²) in [6.45, 7) is 8.89. The van der Waals surface area contributed by atoms with Crippen LogP contribution in [0.1, 0.15) is 38.1 Å². The van der Waals surface area contributed by atoms with Crippen LogP contribution in [0, 0.1) is 5.82 Å². The van der Waals surface area contributed by atoms with E-state index < -0.39 is 41.5 Å². The molecule has 0 spiro atoms. The molecule has 33 heavy (non-hydrogen) atoms. The van der Waals surface area contributed by atoms with Crippen molar-refractivity contribution in [3.05, 3.63) is 29.6 Å². The topological polar surface area (TPSA) is 94.6 Å². The molecule has 2 aliphatic heterocycles. The average molecular weight is 467 g/mol. The molecule has 2 fully saturated rings. The number of nitrogens with zero attached hydrogens (tertiary/aromatic N) is 2. The molecule has 2 unspecified atom stereocenters. The van der Waals surface area contributed by atoms with E-state index in [1.54, 1.807) is 31.7 Å². The first kappa shape index (κ1) is 24.9. The van der Waals surface area contributed by atoms with Gasteiger partial charge in [0.15, 0.2) is 0 Å². The van der Waals surface area contributed by atoms with Crippen LogP contribution in [0.15, 0.2) is 18.2 Å². The minimum absolute atomic E-state index is 0.0267. The molecule has 0 N–H and O–H groups in total. The number of anilines is 1. The highest BCUT2D eigenvalue weighted by atomic mass is 19.1. The van der Waals surface area contributed by atoms with Gasteiger partial charge in [-0.05, 0) is 39.0 Å². The second-order valence-electron chi connectivity index (χ2n) is 8.99. The molecular weight excluding hydrogens is 435 g/mol. The molecule has 0 aromatic heterocycles. The second-order valence-corrected chi connectivity index (χ2v) is 8.99. The number of hydrogen-bond donors (Lipinski definition) is 0. The number of esters is 2. The number of morpholine rings is 2. The monoisotopic (exact) mass is 466 g/mol. The Morgan fingerprint density at radius 2 is 1.82 bits per heavy atom. The maximum atomic E-state index is 14.5. The Morgan fingerprint density at radius 3 is 2.45 bits per heavy atom. The first-order valence-corrected chi connectivity index (χ1v) is 11.0. The highest BCUT2D eigenvalue weighted by Crippen LogP contribution is 2.25. The van der Waals surface area contributed by atoms with Gasteiger partial charge in [0.2, 0.25) is 6.10 Å². The van der Waals surface area contributed by atoms with Gasteiger partial charge in [0.05, 0.1) is 25.4 Å². The fourth-order valence-corrected chi connectivity index (χ4v) is 3.72. The third-order valence-corrected chi connectivity index (χ3v) is 5.21. The summed E-state index contributed by atoms with van der Waals surface area (Å²) >= 11 is 0. The summed E-state index contributed by atoms with van der Waals surface area (Å²) in [6.07, 6.45) is -2.04. The lowest BCUT2D eigenvalue weighted by molar-refractivity contribution is -0.185. The van der Waals surface area contributed by atoms with Gasteiger partial charge in [0.25, 0.3) is 5.91 Å². The van der Waals surface area contributed by atoms with E-state index in [2.05, 4.69) is 0 Å². The van der Waals surface area contributed by atoms with E-state index >= 15 is 0 Å². The lowest BCUT2D eigenvalue weighted by Crippen LogP contribution is -2.52. The van der Waals surface area contributed by atoms with E-state index in [0.717, 1.165) is 0 Å². The number of amides is 1. The van der Waals surface area contributed by atoms with Crippen LogP contribution in [0.5, 0.6) is 0 Å². The number of carbonyl (C=O) groups excluding carboxylic acids is 3. The molecule has 0 bridgehead atoms. The Morgan fingerprint density at radius 1 is 1.12 bits per heavy atom. The molecule has 0 radical (unpaired) electrons. The Balaban J connectivity index is 1.79. The van der Waals surface area contributed by atoms with E-state index in [1.165, 1.54) is 19.1 Å². The van der Waals surface area contributed by atoms with Gasteiger partial charge in [-0.1, -0.05) is 0 Å². The SMILES string of the molecule is CC(=O)OC(C(=O)OC(C)(C)C)C1CN(c2ccc(F)c(C(=O)N3CCOCC3)c2)CCO1. The van der Waals surface area contributed by atoms with Gasteiger partial charge < -0.3 is 28.7 Å². The summed E-state index contributed by atoms with van der Waals surface area (Å²) in [5.41, 5.74) is -0.191. The standard InChI is InChI=1S/C23H31FN2O7/c1-15(27)32-20(22(29)33-23(2,3)4)19-14-26(9-12-31-19)16-5-6-18(24)17(13-16)21(28)25-7-10-30-11-8-25/h5-6,13,19-20H,7-12,14H2,1-4H3. The Labute approximate surface area is 192 Å². The minimum atomic E-state index is -1.25. The smallest absolute Gasteiger partial charge is 0.350 e. The van der Waals surface area contributed by atoms with Crippen molar-refractivity contribution in [1.82, 2.24) is 4.90 Å². The fraction of sp³-hybridized carbons (Fsp3) is 0.609. The normalized spacial score (nSPS) is 20.2. The zero-order valence-electron chi connectivity index (χ0n) is 19.5. The molecule has 2 aliphatic rings. The Hall–Kier alpha value is -2.72. The van der Waals surface area contributed by atoms with Crippen molar-refractivity contribution in [3.63, 3.8) is 0 Å². The van der Waals surface area contributed by atoms with Crippen LogP contribution in [0.25, 0.3) is 0 Å². The van der Waals surface area contributed by atoms with E-state index in [9.17, 15) is 18.8 Å². The van der Waals surface area contributed by atoms with Gasteiger partial charge in [0.1, 0.15) is 17.5 Å². The summed E-state index contributed by atoms with van der Waals surface area (Å²) in [4.78, 5) is 40.6. The third-order valence-electron chi connectivity index (χ3n) is 5.21. The van der Waals surface area contributed by atoms with Crippen LogP contribution in [0.2, 0.25) is 0 Å². The molecule has 2 heterocycles. The Kier molecular flexibility index (Phi) is 7.91. The molecule has 2 atom stereocenters. The number of carbonyl (C=O) groups is 3. The van der Waals surface area contributed by atoms with Crippen molar-refractivity contribution in [3.8, 4) is 0 Å².